The van der Waals surface area contributed by atoms with E-state index in [2.05, 4.69) is 4.98 Å². The number of nitrogens with zero attached hydrogens (tertiary/aromatic N) is 1. The molecule has 0 bridgehead atoms. The minimum absolute atomic E-state index is 0.00601. The van der Waals surface area contributed by atoms with E-state index in [4.69, 9.17) is 0 Å². The number of pyridine rings is 1. The molecule has 0 fully saturated rings. The Morgan fingerprint density at radius 1 is 0.759 bits per heavy atom. The number of aromatic nitrogens is 1. The Hall–Kier alpha value is -3.36. The number of halogens is 6. The fraction of sp³-hybridized carbons (Fsp3) is 0.100. The van der Waals surface area contributed by atoms with Crippen LogP contribution in [0.4, 0.5) is 26.3 Å². The third kappa shape index (κ3) is 4.39. The summed E-state index contributed by atoms with van der Waals surface area (Å²) in [5, 5.41) is 9.36. The number of carbonyl (C=O) groups is 1. The van der Waals surface area contributed by atoms with Crippen molar-refractivity contribution in [2.45, 2.75) is 12.4 Å². The Bertz CT molecular complexity index is 1070. The molecule has 0 unspecified atom stereocenters. The zero-order valence-electron chi connectivity index (χ0n) is 14.3. The second kappa shape index (κ2) is 7.23. The number of alkyl halides is 6. The maximum absolute atomic E-state index is 13.0. The van der Waals surface area contributed by atoms with Gasteiger partial charge < -0.3 is 5.11 Å². The highest BCUT2D eigenvalue weighted by molar-refractivity contribution is 5.95. The summed E-state index contributed by atoms with van der Waals surface area (Å²) in [6, 6.07) is 10.4. The largest absolute Gasteiger partial charge is 0.478 e. The number of aromatic carboxylic acids is 1. The van der Waals surface area contributed by atoms with Gasteiger partial charge in [0.05, 0.1) is 28.1 Å². The summed E-state index contributed by atoms with van der Waals surface area (Å²) >= 11 is 0. The maximum atomic E-state index is 13.0. The Morgan fingerprint density at radius 3 is 1.79 bits per heavy atom. The van der Waals surface area contributed by atoms with Gasteiger partial charge in [0.15, 0.2) is 0 Å². The normalized spacial score (nSPS) is 12.1. The molecule has 3 rings (SSSR count). The molecular formula is C20H11F6NO2. The van der Waals surface area contributed by atoms with Crippen molar-refractivity contribution in [1.29, 1.82) is 0 Å². The lowest BCUT2D eigenvalue weighted by atomic mass is 10.0. The van der Waals surface area contributed by atoms with E-state index in [1.165, 1.54) is 18.2 Å². The van der Waals surface area contributed by atoms with Crippen molar-refractivity contribution in [2.24, 2.45) is 0 Å². The van der Waals surface area contributed by atoms with Gasteiger partial charge in [-0.3, -0.25) is 0 Å². The van der Waals surface area contributed by atoms with Crippen LogP contribution in [0.5, 0.6) is 0 Å². The van der Waals surface area contributed by atoms with Gasteiger partial charge >= 0.3 is 18.3 Å². The van der Waals surface area contributed by atoms with E-state index in [9.17, 15) is 36.2 Å². The van der Waals surface area contributed by atoms with Gasteiger partial charge in [0, 0.05) is 11.1 Å². The van der Waals surface area contributed by atoms with Crippen LogP contribution >= 0.6 is 0 Å². The van der Waals surface area contributed by atoms with E-state index in [0.29, 0.717) is 0 Å². The molecule has 3 aromatic rings. The third-order valence-electron chi connectivity index (χ3n) is 4.07. The SMILES string of the molecule is O=C(O)c1ccc(-c2cccc(C(F)(F)F)c2)nc1-c1cccc(C(F)(F)F)c1. The average molecular weight is 411 g/mol. The van der Waals surface area contributed by atoms with Crippen LogP contribution in [-0.4, -0.2) is 16.1 Å². The predicted molar refractivity (Wildman–Crippen MR) is 92.1 cm³/mol. The molecule has 29 heavy (non-hydrogen) atoms. The summed E-state index contributed by atoms with van der Waals surface area (Å²) in [5.74, 6) is -1.43. The number of benzene rings is 2. The first-order chi connectivity index (χ1) is 13.5. The standard InChI is InChI=1S/C20H11F6NO2/c21-19(22,23)13-5-1-3-11(9-13)16-8-7-15(18(28)29)17(27-16)12-4-2-6-14(10-12)20(24,25)26/h1-10H,(H,28,29). The molecule has 0 amide bonds. The van der Waals surface area contributed by atoms with Crippen molar-refractivity contribution in [3.05, 3.63) is 77.4 Å². The summed E-state index contributed by atoms with van der Waals surface area (Å²) in [6.45, 7) is 0. The smallest absolute Gasteiger partial charge is 0.416 e. The zero-order valence-corrected chi connectivity index (χ0v) is 14.3. The Kier molecular flexibility index (Phi) is 5.08. The molecule has 150 valence electrons. The van der Waals surface area contributed by atoms with Gasteiger partial charge in [-0.05, 0) is 36.4 Å². The fourth-order valence-corrected chi connectivity index (χ4v) is 2.71. The van der Waals surface area contributed by atoms with Gasteiger partial charge in [0.1, 0.15) is 0 Å². The lowest BCUT2D eigenvalue weighted by molar-refractivity contribution is -0.138. The van der Waals surface area contributed by atoms with Crippen LogP contribution in [-0.2, 0) is 12.4 Å². The van der Waals surface area contributed by atoms with Crippen LogP contribution < -0.4 is 0 Å². The van der Waals surface area contributed by atoms with Gasteiger partial charge in [-0.15, -0.1) is 0 Å². The highest BCUT2D eigenvalue weighted by atomic mass is 19.4. The lowest BCUT2D eigenvalue weighted by Crippen LogP contribution is -2.07. The Morgan fingerprint density at radius 2 is 1.28 bits per heavy atom. The van der Waals surface area contributed by atoms with Crippen LogP contribution in [0.2, 0.25) is 0 Å². The molecule has 3 nitrogen and oxygen atoms in total. The van der Waals surface area contributed by atoms with E-state index < -0.39 is 29.4 Å². The Balaban J connectivity index is 2.17. The number of hydrogen-bond acceptors (Lipinski definition) is 2. The van der Waals surface area contributed by atoms with Crippen molar-refractivity contribution in [3.63, 3.8) is 0 Å². The molecule has 2 aromatic carbocycles. The molecule has 9 heteroatoms. The van der Waals surface area contributed by atoms with Gasteiger partial charge in [-0.1, -0.05) is 24.3 Å². The van der Waals surface area contributed by atoms with E-state index >= 15 is 0 Å². The summed E-state index contributed by atoms with van der Waals surface area (Å²) in [4.78, 5) is 15.6. The van der Waals surface area contributed by atoms with E-state index in [-0.39, 0.29) is 28.1 Å². The predicted octanol–water partition coefficient (Wildman–Crippen LogP) is 6.15. The summed E-state index contributed by atoms with van der Waals surface area (Å²) in [5.41, 5.74) is -2.67. The highest BCUT2D eigenvalue weighted by Gasteiger charge is 2.32. The quantitative estimate of drug-likeness (QED) is 0.526. The van der Waals surface area contributed by atoms with Crippen LogP contribution in [0.15, 0.2) is 60.7 Å². The minimum atomic E-state index is -4.65. The van der Waals surface area contributed by atoms with Crippen LogP contribution in [0, 0.1) is 0 Å². The molecule has 1 heterocycles. The first-order valence-corrected chi connectivity index (χ1v) is 8.06. The van der Waals surface area contributed by atoms with Crippen LogP contribution in [0.1, 0.15) is 21.5 Å². The number of carboxylic acid groups (broad SMARTS) is 1. The van der Waals surface area contributed by atoms with Crippen molar-refractivity contribution in [1.82, 2.24) is 4.98 Å². The number of hydrogen-bond donors (Lipinski definition) is 1. The monoisotopic (exact) mass is 411 g/mol. The van der Waals surface area contributed by atoms with Crippen LogP contribution in [0.3, 0.4) is 0 Å². The molecule has 0 aliphatic carbocycles. The molecule has 1 aromatic heterocycles. The minimum Gasteiger partial charge on any atom is -0.478 e. The molecule has 0 radical (unpaired) electrons. The highest BCUT2D eigenvalue weighted by Crippen LogP contribution is 2.35. The molecule has 0 spiro atoms. The topological polar surface area (TPSA) is 50.2 Å². The first kappa shape index (κ1) is 20.4. The number of carboxylic acids is 1. The van der Waals surface area contributed by atoms with E-state index in [0.717, 1.165) is 42.5 Å². The number of rotatable bonds is 3. The van der Waals surface area contributed by atoms with Gasteiger partial charge in [-0.2, -0.15) is 26.3 Å². The van der Waals surface area contributed by atoms with E-state index in [1.54, 1.807) is 0 Å². The Labute approximate surface area is 160 Å². The van der Waals surface area contributed by atoms with Gasteiger partial charge in [0.2, 0.25) is 0 Å². The summed E-state index contributed by atoms with van der Waals surface area (Å²) in [7, 11) is 0. The lowest BCUT2D eigenvalue weighted by Gasteiger charge is -2.12. The van der Waals surface area contributed by atoms with Gasteiger partial charge in [0.25, 0.3) is 0 Å². The van der Waals surface area contributed by atoms with Gasteiger partial charge in [-0.25, -0.2) is 9.78 Å². The molecule has 0 saturated heterocycles. The maximum Gasteiger partial charge on any atom is 0.416 e. The van der Waals surface area contributed by atoms with Crippen LogP contribution in [0.25, 0.3) is 22.5 Å². The van der Waals surface area contributed by atoms with Crippen molar-refractivity contribution in [2.75, 3.05) is 0 Å². The molecular weight excluding hydrogens is 400 g/mol. The fourth-order valence-electron chi connectivity index (χ4n) is 2.71. The second-order valence-electron chi connectivity index (χ2n) is 6.05. The third-order valence-corrected chi connectivity index (χ3v) is 4.07. The van der Waals surface area contributed by atoms with Crippen molar-refractivity contribution in [3.8, 4) is 22.5 Å². The molecule has 1 N–H and O–H groups in total. The molecule has 0 aliphatic rings. The first-order valence-electron chi connectivity index (χ1n) is 8.06. The summed E-state index contributed by atoms with van der Waals surface area (Å²) in [6.07, 6.45) is -9.25. The summed E-state index contributed by atoms with van der Waals surface area (Å²) < 4.78 is 77.8. The van der Waals surface area contributed by atoms with Crippen molar-refractivity contribution >= 4 is 5.97 Å². The second-order valence-corrected chi connectivity index (χ2v) is 6.05. The molecule has 0 aliphatic heterocycles. The zero-order chi connectivity index (χ0) is 21.4. The molecule has 0 atom stereocenters. The van der Waals surface area contributed by atoms with Crippen molar-refractivity contribution < 1.29 is 36.2 Å². The van der Waals surface area contributed by atoms with E-state index in [1.807, 2.05) is 0 Å². The molecule has 0 saturated carbocycles. The average Bonchev–Trinajstić information content (AvgIpc) is 2.66.